The number of amides is 1. The number of H-pyrrole nitrogens is 1. The van der Waals surface area contributed by atoms with Crippen LogP contribution in [0.15, 0.2) is 29.8 Å². The van der Waals surface area contributed by atoms with Crippen molar-refractivity contribution in [2.75, 3.05) is 25.9 Å². The van der Waals surface area contributed by atoms with Gasteiger partial charge in [-0.15, -0.1) is 11.3 Å². The predicted molar refractivity (Wildman–Crippen MR) is 158 cm³/mol. The standard InChI is InChI=1S/C26H36N4O3S2.C2HF3O2/c1-6-35(32,33)30-9-7-17(8-10-30)23-14-28-24-21(23)12-18(13-22(24)25(27)31)19-11-20(34-16-19)15-29(5)26(2,3)4;3-2(4,5)1(6)7/h11-14,16-17,28H,6-10,15H2,1-5H3,(H2,27,31);(H,6,7). The van der Waals surface area contributed by atoms with Crippen molar-refractivity contribution in [3.05, 3.63) is 45.8 Å². The number of hydrogen-bond donors (Lipinski definition) is 3. The van der Waals surface area contributed by atoms with E-state index in [1.165, 1.54) is 4.88 Å². The number of thiophene rings is 1. The maximum absolute atomic E-state index is 12.4. The summed E-state index contributed by atoms with van der Waals surface area (Å²) in [5.41, 5.74) is 10.3. The van der Waals surface area contributed by atoms with Crippen LogP contribution in [0.25, 0.3) is 22.0 Å². The number of nitrogens with one attached hydrogen (secondary N) is 1. The number of primary amides is 1. The molecule has 0 bridgehead atoms. The number of fused-ring (bicyclic) bond motifs is 1. The summed E-state index contributed by atoms with van der Waals surface area (Å²) in [4.78, 5) is 28.1. The van der Waals surface area contributed by atoms with Crippen LogP contribution >= 0.6 is 11.3 Å². The summed E-state index contributed by atoms with van der Waals surface area (Å²) in [5.74, 6) is -2.87. The Labute approximate surface area is 247 Å². The van der Waals surface area contributed by atoms with E-state index in [1.807, 2.05) is 12.3 Å². The van der Waals surface area contributed by atoms with Crippen molar-refractivity contribution in [1.82, 2.24) is 14.2 Å². The molecule has 4 N–H and O–H groups in total. The highest BCUT2D eigenvalue weighted by atomic mass is 32.2. The average molecular weight is 631 g/mol. The summed E-state index contributed by atoms with van der Waals surface area (Å²) in [6, 6.07) is 6.21. The molecule has 1 aliphatic rings. The molecule has 0 radical (unpaired) electrons. The second-order valence-electron chi connectivity index (χ2n) is 11.3. The summed E-state index contributed by atoms with van der Waals surface area (Å²) in [7, 11) is -1.05. The van der Waals surface area contributed by atoms with E-state index in [4.69, 9.17) is 15.6 Å². The molecule has 232 valence electrons. The monoisotopic (exact) mass is 630 g/mol. The number of nitrogens with two attached hydrogens (primary N) is 1. The molecule has 3 heterocycles. The molecule has 0 saturated carbocycles. The van der Waals surface area contributed by atoms with Crippen LogP contribution in [0.4, 0.5) is 13.2 Å². The third-order valence-corrected chi connectivity index (χ3v) is 10.3. The number of nitrogens with zero attached hydrogens (tertiary/aromatic N) is 2. The van der Waals surface area contributed by atoms with Crippen LogP contribution in [-0.4, -0.2) is 77.2 Å². The van der Waals surface area contributed by atoms with E-state index in [2.05, 4.69) is 55.2 Å². The Bertz CT molecular complexity index is 1530. The Morgan fingerprint density at radius 3 is 2.24 bits per heavy atom. The zero-order valence-electron chi connectivity index (χ0n) is 24.2. The topological polar surface area (TPSA) is 137 Å². The molecule has 1 aromatic carbocycles. The third kappa shape index (κ3) is 7.91. The zero-order valence-corrected chi connectivity index (χ0v) is 25.8. The van der Waals surface area contributed by atoms with E-state index in [-0.39, 0.29) is 17.2 Å². The Hall–Kier alpha value is -2.94. The van der Waals surface area contributed by atoms with Gasteiger partial charge in [0.1, 0.15) is 0 Å². The molecule has 0 unspecified atom stereocenters. The molecule has 0 atom stereocenters. The summed E-state index contributed by atoms with van der Waals surface area (Å²) in [6.07, 6.45) is -1.61. The number of carbonyl (C=O) groups is 2. The van der Waals surface area contributed by atoms with Gasteiger partial charge in [-0.25, -0.2) is 17.5 Å². The van der Waals surface area contributed by atoms with Crippen molar-refractivity contribution in [2.24, 2.45) is 5.73 Å². The number of piperidine rings is 1. The lowest BCUT2D eigenvalue weighted by Gasteiger charge is -2.31. The number of sulfonamides is 1. The number of rotatable bonds is 7. The van der Waals surface area contributed by atoms with Crippen LogP contribution in [0.5, 0.6) is 0 Å². The third-order valence-electron chi connectivity index (χ3n) is 7.51. The molecule has 2 aromatic heterocycles. The molecule has 1 fully saturated rings. The van der Waals surface area contributed by atoms with Crippen LogP contribution in [-0.2, 0) is 21.4 Å². The van der Waals surface area contributed by atoms with Crippen LogP contribution in [0, 0.1) is 0 Å². The molecule has 4 rings (SSSR count). The fourth-order valence-corrected chi connectivity index (χ4v) is 6.74. The molecular weight excluding hydrogens is 593 g/mol. The molecule has 3 aromatic rings. The molecule has 0 aliphatic carbocycles. The summed E-state index contributed by atoms with van der Waals surface area (Å²) in [5, 5.41) is 10.3. The molecule has 9 nitrogen and oxygen atoms in total. The van der Waals surface area contributed by atoms with E-state index in [0.717, 1.165) is 47.0 Å². The van der Waals surface area contributed by atoms with Gasteiger partial charge in [-0.1, -0.05) is 0 Å². The van der Waals surface area contributed by atoms with E-state index in [0.29, 0.717) is 18.7 Å². The number of aromatic amines is 1. The van der Waals surface area contributed by atoms with E-state index in [1.54, 1.807) is 22.6 Å². The number of aromatic nitrogens is 1. The number of alkyl halides is 3. The Kier molecular flexibility index (Phi) is 10.2. The van der Waals surface area contributed by atoms with Crippen molar-refractivity contribution < 1.29 is 36.3 Å². The van der Waals surface area contributed by atoms with Gasteiger partial charge in [0, 0.05) is 41.6 Å². The molecule has 1 amide bonds. The minimum Gasteiger partial charge on any atom is -0.475 e. The second-order valence-corrected chi connectivity index (χ2v) is 14.5. The Balaban J connectivity index is 0.000000616. The van der Waals surface area contributed by atoms with Crippen LogP contribution in [0.3, 0.4) is 0 Å². The van der Waals surface area contributed by atoms with Gasteiger partial charge in [0.2, 0.25) is 10.0 Å². The van der Waals surface area contributed by atoms with Crippen molar-refractivity contribution in [3.8, 4) is 11.1 Å². The highest BCUT2D eigenvalue weighted by Gasteiger charge is 2.38. The fraction of sp³-hybridized carbons (Fsp3) is 0.500. The number of carboxylic acid groups (broad SMARTS) is 1. The summed E-state index contributed by atoms with van der Waals surface area (Å²) in [6.45, 7) is 10.2. The lowest BCUT2D eigenvalue weighted by molar-refractivity contribution is -0.192. The molecule has 42 heavy (non-hydrogen) atoms. The SMILES string of the molecule is CCS(=O)(=O)N1CCC(c2c[nH]c3c(C(N)=O)cc(-c4csc(CN(C)C(C)(C)C)c4)cc23)CC1.O=C(O)C(F)(F)F. The van der Waals surface area contributed by atoms with Crippen molar-refractivity contribution >= 4 is 44.1 Å². The minimum atomic E-state index is -5.08. The smallest absolute Gasteiger partial charge is 0.475 e. The van der Waals surface area contributed by atoms with Crippen molar-refractivity contribution in [3.63, 3.8) is 0 Å². The molecule has 0 spiro atoms. The zero-order chi connectivity index (χ0) is 31.6. The molecular formula is C28H37F3N4O5S2. The number of hydrogen-bond acceptors (Lipinski definition) is 6. The fourth-order valence-electron chi connectivity index (χ4n) is 4.67. The number of aliphatic carboxylic acids is 1. The highest BCUT2D eigenvalue weighted by molar-refractivity contribution is 7.89. The first-order valence-corrected chi connectivity index (χ1v) is 15.9. The predicted octanol–water partition coefficient (Wildman–Crippen LogP) is 5.39. The molecule has 1 saturated heterocycles. The number of carboxylic acids is 1. The maximum atomic E-state index is 12.4. The van der Waals surface area contributed by atoms with Gasteiger partial charge >= 0.3 is 12.1 Å². The minimum absolute atomic E-state index is 0.0776. The quantitative estimate of drug-likeness (QED) is 0.320. The highest BCUT2D eigenvalue weighted by Crippen LogP contribution is 2.38. The first-order valence-electron chi connectivity index (χ1n) is 13.4. The number of benzene rings is 1. The average Bonchev–Trinajstić information content (AvgIpc) is 3.54. The van der Waals surface area contributed by atoms with Crippen LogP contribution in [0.1, 0.15) is 67.3 Å². The van der Waals surface area contributed by atoms with Crippen molar-refractivity contribution in [1.29, 1.82) is 0 Å². The first kappa shape index (κ1) is 33.6. The molecule has 14 heteroatoms. The van der Waals surface area contributed by atoms with Gasteiger partial charge in [-0.2, -0.15) is 13.2 Å². The summed E-state index contributed by atoms with van der Waals surface area (Å²) < 4.78 is 57.9. The molecule has 1 aliphatic heterocycles. The van der Waals surface area contributed by atoms with E-state index < -0.39 is 28.1 Å². The van der Waals surface area contributed by atoms with E-state index in [9.17, 15) is 26.4 Å². The van der Waals surface area contributed by atoms with Gasteiger partial charge in [-0.05, 0) is 93.8 Å². The maximum Gasteiger partial charge on any atom is 0.490 e. The number of halogens is 3. The van der Waals surface area contributed by atoms with Crippen LogP contribution < -0.4 is 5.73 Å². The van der Waals surface area contributed by atoms with Gasteiger partial charge in [0.25, 0.3) is 5.91 Å². The summed E-state index contributed by atoms with van der Waals surface area (Å²) >= 11 is 1.72. The largest absolute Gasteiger partial charge is 0.490 e. The lowest BCUT2D eigenvalue weighted by Crippen LogP contribution is -2.38. The Morgan fingerprint density at radius 1 is 1.14 bits per heavy atom. The van der Waals surface area contributed by atoms with Crippen molar-refractivity contribution in [2.45, 2.75) is 64.7 Å². The second kappa shape index (κ2) is 12.7. The lowest BCUT2D eigenvalue weighted by atomic mass is 9.88. The number of carbonyl (C=O) groups excluding carboxylic acids is 1. The van der Waals surface area contributed by atoms with Gasteiger partial charge in [0.05, 0.1) is 16.8 Å². The van der Waals surface area contributed by atoms with E-state index >= 15 is 0 Å². The Morgan fingerprint density at radius 2 is 1.74 bits per heavy atom. The first-order chi connectivity index (χ1) is 19.3. The van der Waals surface area contributed by atoms with Gasteiger partial charge in [0.15, 0.2) is 0 Å². The van der Waals surface area contributed by atoms with Gasteiger partial charge < -0.3 is 15.8 Å². The van der Waals surface area contributed by atoms with Gasteiger partial charge in [-0.3, -0.25) is 9.69 Å². The van der Waals surface area contributed by atoms with Crippen LogP contribution in [0.2, 0.25) is 0 Å². The normalized spacial score (nSPS) is 15.5.